The van der Waals surface area contributed by atoms with Crippen molar-refractivity contribution in [2.75, 3.05) is 6.61 Å². The van der Waals surface area contributed by atoms with E-state index in [1.165, 1.54) is 33.4 Å². The van der Waals surface area contributed by atoms with Crippen LogP contribution in [0.2, 0.25) is 0 Å². The molecule has 0 aliphatic heterocycles. The minimum atomic E-state index is 0.782. The highest BCUT2D eigenvalue weighted by molar-refractivity contribution is 5.81. The van der Waals surface area contributed by atoms with Crippen LogP contribution in [0.15, 0.2) is 66.7 Å². The number of rotatable bonds is 5. The molecule has 4 rings (SSSR count). The quantitative estimate of drug-likeness (QED) is 0.404. The van der Waals surface area contributed by atoms with Crippen molar-refractivity contribution in [3.8, 4) is 28.0 Å². The Labute approximate surface area is 143 Å². The van der Waals surface area contributed by atoms with Gasteiger partial charge in [0.05, 0.1) is 6.61 Å². The van der Waals surface area contributed by atoms with E-state index < -0.39 is 0 Å². The predicted molar refractivity (Wildman–Crippen MR) is 101 cm³/mol. The first-order valence-corrected chi connectivity index (χ1v) is 8.80. The maximum atomic E-state index is 6.01. The van der Waals surface area contributed by atoms with Gasteiger partial charge in [-0.15, -0.1) is 0 Å². The molecule has 0 unspecified atom stereocenters. The second kappa shape index (κ2) is 6.52. The molecule has 0 atom stereocenters. The second-order valence-corrected chi connectivity index (χ2v) is 6.40. The van der Waals surface area contributed by atoms with Crippen molar-refractivity contribution >= 4 is 0 Å². The van der Waals surface area contributed by atoms with E-state index in [-0.39, 0.29) is 0 Å². The summed E-state index contributed by atoms with van der Waals surface area (Å²) in [7, 11) is 0. The van der Waals surface area contributed by atoms with Crippen LogP contribution in [-0.2, 0) is 6.42 Å². The van der Waals surface area contributed by atoms with Gasteiger partial charge in [0, 0.05) is 5.56 Å². The topological polar surface area (TPSA) is 9.23 Å². The van der Waals surface area contributed by atoms with E-state index in [9.17, 15) is 0 Å². The molecular formula is C23H22O. The van der Waals surface area contributed by atoms with Crippen LogP contribution in [0.3, 0.4) is 0 Å². The summed E-state index contributed by atoms with van der Waals surface area (Å²) in [6.45, 7) is 2.97. The number of para-hydroxylation sites is 1. The molecule has 0 heterocycles. The van der Waals surface area contributed by atoms with Crippen LogP contribution in [0.5, 0.6) is 5.75 Å². The van der Waals surface area contributed by atoms with Gasteiger partial charge in [-0.05, 0) is 46.7 Å². The summed E-state index contributed by atoms with van der Waals surface area (Å²) in [5.74, 6) is 0.987. The molecule has 3 aromatic rings. The second-order valence-electron chi connectivity index (χ2n) is 6.40. The third-order valence-corrected chi connectivity index (χ3v) is 4.75. The van der Waals surface area contributed by atoms with Gasteiger partial charge in [0.15, 0.2) is 0 Å². The lowest BCUT2D eigenvalue weighted by Crippen LogP contribution is -1.98. The average Bonchev–Trinajstić information content (AvgIpc) is 3.00. The van der Waals surface area contributed by atoms with Crippen LogP contribution in [0.1, 0.15) is 30.9 Å². The van der Waals surface area contributed by atoms with Crippen molar-refractivity contribution in [3.63, 3.8) is 0 Å². The molecule has 0 amide bonds. The van der Waals surface area contributed by atoms with Crippen molar-refractivity contribution in [2.24, 2.45) is 0 Å². The Morgan fingerprint density at radius 2 is 1.54 bits per heavy atom. The first-order chi connectivity index (χ1) is 11.9. The van der Waals surface area contributed by atoms with Gasteiger partial charge >= 0.3 is 0 Å². The van der Waals surface area contributed by atoms with E-state index in [1.54, 1.807) is 0 Å². The summed E-state index contributed by atoms with van der Waals surface area (Å²) >= 11 is 0. The third kappa shape index (κ3) is 2.71. The van der Waals surface area contributed by atoms with Gasteiger partial charge in [-0.3, -0.25) is 0 Å². The maximum Gasteiger partial charge on any atom is 0.127 e. The van der Waals surface area contributed by atoms with E-state index >= 15 is 0 Å². The number of hydrogen-bond donors (Lipinski definition) is 0. The molecule has 1 aliphatic carbocycles. The smallest absolute Gasteiger partial charge is 0.127 e. The lowest BCUT2D eigenvalue weighted by atomic mass is 9.98. The highest BCUT2D eigenvalue weighted by Crippen LogP contribution is 2.39. The molecule has 120 valence electrons. The molecule has 0 N–H and O–H groups in total. The van der Waals surface area contributed by atoms with Gasteiger partial charge in [0.25, 0.3) is 0 Å². The van der Waals surface area contributed by atoms with E-state index in [0.29, 0.717) is 0 Å². The maximum absolute atomic E-state index is 6.01. The van der Waals surface area contributed by atoms with Gasteiger partial charge in [-0.1, -0.05) is 74.0 Å². The Kier molecular flexibility index (Phi) is 4.08. The molecule has 0 aromatic heterocycles. The highest BCUT2D eigenvalue weighted by Gasteiger charge is 2.18. The highest BCUT2D eigenvalue weighted by atomic mass is 16.5. The lowest BCUT2D eigenvalue weighted by Gasteiger charge is -2.12. The monoisotopic (exact) mass is 314 g/mol. The largest absolute Gasteiger partial charge is 0.493 e. The fourth-order valence-electron chi connectivity index (χ4n) is 3.47. The third-order valence-electron chi connectivity index (χ3n) is 4.75. The van der Waals surface area contributed by atoms with Gasteiger partial charge in [0.2, 0.25) is 0 Å². The first-order valence-electron chi connectivity index (χ1n) is 8.80. The van der Waals surface area contributed by atoms with Crippen LogP contribution in [-0.4, -0.2) is 6.61 Å². The Balaban J connectivity index is 1.69. The van der Waals surface area contributed by atoms with Crippen LogP contribution in [0.4, 0.5) is 0 Å². The van der Waals surface area contributed by atoms with Crippen LogP contribution < -0.4 is 4.74 Å². The van der Waals surface area contributed by atoms with Crippen molar-refractivity contribution in [1.82, 2.24) is 0 Å². The molecule has 0 radical (unpaired) electrons. The van der Waals surface area contributed by atoms with E-state index in [4.69, 9.17) is 4.74 Å². The van der Waals surface area contributed by atoms with E-state index in [0.717, 1.165) is 31.6 Å². The molecule has 0 spiro atoms. The van der Waals surface area contributed by atoms with Crippen molar-refractivity contribution in [2.45, 2.75) is 26.2 Å². The molecule has 24 heavy (non-hydrogen) atoms. The average molecular weight is 314 g/mol. The summed E-state index contributed by atoms with van der Waals surface area (Å²) in [4.78, 5) is 0. The standard InChI is InChI=1S/C23H22O/c1-2-3-14-24-23-11-7-6-10-22(23)18-12-13-21-19(16-18)15-17-8-4-5-9-20(17)21/h4-13,16H,2-3,14-15H2,1H3. The zero-order valence-electron chi connectivity index (χ0n) is 14.1. The Hall–Kier alpha value is -2.54. The van der Waals surface area contributed by atoms with Crippen molar-refractivity contribution in [1.29, 1.82) is 0 Å². The summed E-state index contributed by atoms with van der Waals surface area (Å²) < 4.78 is 6.01. The molecule has 3 aromatic carbocycles. The van der Waals surface area contributed by atoms with Gasteiger partial charge in [0.1, 0.15) is 5.75 Å². The Morgan fingerprint density at radius 3 is 2.42 bits per heavy atom. The van der Waals surface area contributed by atoms with Crippen LogP contribution in [0, 0.1) is 0 Å². The zero-order valence-corrected chi connectivity index (χ0v) is 14.1. The van der Waals surface area contributed by atoms with Crippen molar-refractivity contribution < 1.29 is 4.74 Å². The lowest BCUT2D eigenvalue weighted by molar-refractivity contribution is 0.310. The minimum Gasteiger partial charge on any atom is -0.493 e. The van der Waals surface area contributed by atoms with Crippen LogP contribution in [0.25, 0.3) is 22.3 Å². The minimum absolute atomic E-state index is 0.782. The summed E-state index contributed by atoms with van der Waals surface area (Å²) in [6.07, 6.45) is 3.27. The van der Waals surface area contributed by atoms with E-state index in [2.05, 4.69) is 67.6 Å². The fourth-order valence-corrected chi connectivity index (χ4v) is 3.47. The number of hydrogen-bond acceptors (Lipinski definition) is 1. The Bertz CT molecular complexity index is 863. The number of fused-ring (bicyclic) bond motifs is 3. The molecule has 0 bridgehead atoms. The summed E-state index contributed by atoms with van der Waals surface area (Å²) in [6, 6.07) is 23.9. The van der Waals surface area contributed by atoms with Crippen molar-refractivity contribution in [3.05, 3.63) is 77.9 Å². The van der Waals surface area contributed by atoms with Crippen LogP contribution >= 0.6 is 0 Å². The predicted octanol–water partition coefficient (Wildman–Crippen LogP) is 6.10. The summed E-state index contributed by atoms with van der Waals surface area (Å²) in [5.41, 5.74) is 8.03. The SMILES string of the molecule is CCCCOc1ccccc1-c1ccc2c(c1)Cc1ccccc1-2. The number of benzene rings is 3. The molecular weight excluding hydrogens is 292 g/mol. The van der Waals surface area contributed by atoms with Gasteiger partial charge < -0.3 is 4.74 Å². The molecule has 0 saturated heterocycles. The zero-order chi connectivity index (χ0) is 16.4. The molecule has 0 fully saturated rings. The first kappa shape index (κ1) is 15.0. The Morgan fingerprint density at radius 1 is 0.792 bits per heavy atom. The number of ether oxygens (including phenoxy) is 1. The molecule has 1 aliphatic rings. The van der Waals surface area contributed by atoms with E-state index in [1.807, 2.05) is 6.07 Å². The van der Waals surface area contributed by atoms with Gasteiger partial charge in [-0.2, -0.15) is 0 Å². The van der Waals surface area contributed by atoms with Gasteiger partial charge in [-0.25, -0.2) is 0 Å². The molecule has 1 nitrogen and oxygen atoms in total. The number of unbranched alkanes of at least 4 members (excludes halogenated alkanes) is 1. The summed E-state index contributed by atoms with van der Waals surface area (Å²) in [5, 5.41) is 0. The normalized spacial score (nSPS) is 11.9. The fraction of sp³-hybridized carbons (Fsp3) is 0.217. The molecule has 0 saturated carbocycles. The molecule has 1 heteroatoms.